The van der Waals surface area contributed by atoms with E-state index in [0.717, 1.165) is 22.4 Å². The van der Waals surface area contributed by atoms with Gasteiger partial charge in [0.2, 0.25) is 5.91 Å². The molecule has 0 unspecified atom stereocenters. The highest BCUT2D eigenvalue weighted by Gasteiger charge is 2.13. The van der Waals surface area contributed by atoms with Gasteiger partial charge in [-0.2, -0.15) is 10.2 Å². The molecule has 0 fully saturated rings. The number of nitrogens with zero attached hydrogens (tertiary/aromatic N) is 4. The topological polar surface area (TPSA) is 64.7 Å². The Kier molecular flexibility index (Phi) is 5.17. The Hall–Kier alpha value is -1.63. The van der Waals surface area contributed by atoms with E-state index in [9.17, 15) is 4.79 Å². The predicted molar refractivity (Wildman–Crippen MR) is 83.7 cm³/mol. The fourth-order valence-corrected chi connectivity index (χ4v) is 2.32. The molecule has 2 aromatic rings. The summed E-state index contributed by atoms with van der Waals surface area (Å²) in [6.07, 6.45) is 4.06. The normalized spacial score (nSPS) is 12.4. The molecule has 0 aliphatic rings. The number of aromatic nitrogens is 4. The second-order valence-electron chi connectivity index (χ2n) is 4.94. The summed E-state index contributed by atoms with van der Waals surface area (Å²) in [5, 5.41) is 11.6. The van der Waals surface area contributed by atoms with Crippen molar-refractivity contribution in [1.29, 1.82) is 0 Å². The van der Waals surface area contributed by atoms with Crippen molar-refractivity contribution in [1.82, 2.24) is 24.9 Å². The van der Waals surface area contributed by atoms with Crippen LogP contribution < -0.4 is 5.32 Å². The molecule has 1 amide bonds. The van der Waals surface area contributed by atoms with Crippen molar-refractivity contribution in [3.8, 4) is 0 Å². The van der Waals surface area contributed by atoms with E-state index in [1.54, 1.807) is 6.20 Å². The molecule has 0 bridgehead atoms. The molecule has 0 aromatic carbocycles. The Bertz CT molecular complexity index is 619. The van der Waals surface area contributed by atoms with Gasteiger partial charge in [0, 0.05) is 31.4 Å². The fraction of sp³-hybridized carbons (Fsp3) is 0.500. The predicted octanol–water partition coefficient (Wildman–Crippen LogP) is 2.44. The largest absolute Gasteiger partial charge is 0.348 e. The van der Waals surface area contributed by atoms with Crippen molar-refractivity contribution in [3.05, 3.63) is 34.3 Å². The summed E-state index contributed by atoms with van der Waals surface area (Å²) in [6, 6.07) is 1.85. The first-order chi connectivity index (χ1) is 10.0. The third-order valence-electron chi connectivity index (χ3n) is 3.40. The molecule has 7 heteroatoms. The molecular formula is C14H20BrN5O. The Morgan fingerprint density at radius 2 is 2.29 bits per heavy atom. The van der Waals surface area contributed by atoms with Gasteiger partial charge in [0.25, 0.3) is 0 Å². The van der Waals surface area contributed by atoms with E-state index < -0.39 is 0 Å². The van der Waals surface area contributed by atoms with Crippen LogP contribution in [0.1, 0.15) is 37.7 Å². The van der Waals surface area contributed by atoms with Gasteiger partial charge in [-0.25, -0.2) is 0 Å². The van der Waals surface area contributed by atoms with E-state index in [4.69, 9.17) is 0 Å². The highest BCUT2D eigenvalue weighted by atomic mass is 79.9. The van der Waals surface area contributed by atoms with E-state index in [-0.39, 0.29) is 11.9 Å². The van der Waals surface area contributed by atoms with Gasteiger partial charge >= 0.3 is 0 Å². The lowest BCUT2D eigenvalue weighted by atomic mass is 10.2. The molecule has 1 atom stereocenters. The van der Waals surface area contributed by atoms with Gasteiger partial charge in [-0.05, 0) is 42.8 Å². The second-order valence-corrected chi connectivity index (χ2v) is 5.79. The maximum atomic E-state index is 12.0. The van der Waals surface area contributed by atoms with Crippen LogP contribution in [0.25, 0.3) is 0 Å². The third-order valence-corrected chi connectivity index (χ3v) is 4.18. The Balaban J connectivity index is 1.85. The van der Waals surface area contributed by atoms with E-state index in [2.05, 4.69) is 31.4 Å². The van der Waals surface area contributed by atoms with E-state index in [0.29, 0.717) is 13.0 Å². The number of rotatable bonds is 6. The summed E-state index contributed by atoms with van der Waals surface area (Å²) < 4.78 is 4.63. The smallest absolute Gasteiger partial charge is 0.222 e. The zero-order valence-electron chi connectivity index (χ0n) is 12.5. The molecule has 114 valence electrons. The number of nitrogens with one attached hydrogen (secondary N) is 1. The molecular weight excluding hydrogens is 334 g/mol. The second kappa shape index (κ2) is 6.89. The van der Waals surface area contributed by atoms with Crippen molar-refractivity contribution < 1.29 is 4.79 Å². The molecule has 0 spiro atoms. The van der Waals surface area contributed by atoms with Gasteiger partial charge in [0.1, 0.15) is 0 Å². The van der Waals surface area contributed by atoms with Gasteiger partial charge < -0.3 is 5.32 Å². The Morgan fingerprint density at radius 1 is 1.52 bits per heavy atom. The van der Waals surface area contributed by atoms with Crippen molar-refractivity contribution in [2.75, 3.05) is 0 Å². The molecule has 21 heavy (non-hydrogen) atoms. The molecule has 0 aliphatic carbocycles. The van der Waals surface area contributed by atoms with Crippen molar-refractivity contribution >= 4 is 21.8 Å². The number of carbonyl (C=O) groups is 1. The zero-order valence-corrected chi connectivity index (χ0v) is 14.1. The third kappa shape index (κ3) is 3.93. The molecule has 0 radical (unpaired) electrons. The summed E-state index contributed by atoms with van der Waals surface area (Å²) in [5.74, 6) is -0.000397. The SMILES string of the molecule is CCn1ccc([C@@H](C)NC(=O)CCn2ncc(Br)c2C)n1. The minimum Gasteiger partial charge on any atom is -0.348 e. The van der Waals surface area contributed by atoms with Crippen LogP contribution in [0.5, 0.6) is 0 Å². The first kappa shape index (κ1) is 15.8. The summed E-state index contributed by atoms with van der Waals surface area (Å²) in [7, 11) is 0. The lowest BCUT2D eigenvalue weighted by Crippen LogP contribution is -2.28. The molecule has 0 saturated heterocycles. The molecule has 0 saturated carbocycles. The number of amides is 1. The van der Waals surface area contributed by atoms with Crippen LogP contribution in [0.4, 0.5) is 0 Å². The van der Waals surface area contributed by atoms with Gasteiger partial charge in [0.05, 0.1) is 22.4 Å². The summed E-state index contributed by atoms with van der Waals surface area (Å²) >= 11 is 3.41. The van der Waals surface area contributed by atoms with Crippen LogP contribution in [0, 0.1) is 6.92 Å². The van der Waals surface area contributed by atoms with Gasteiger partial charge in [0.15, 0.2) is 0 Å². The van der Waals surface area contributed by atoms with Crippen LogP contribution in [-0.4, -0.2) is 25.5 Å². The number of aryl methyl sites for hydroxylation is 2. The molecule has 1 N–H and O–H groups in total. The Morgan fingerprint density at radius 3 is 2.86 bits per heavy atom. The Labute approximate surface area is 132 Å². The number of hydrogen-bond acceptors (Lipinski definition) is 3. The fourth-order valence-electron chi connectivity index (χ4n) is 2.03. The van der Waals surface area contributed by atoms with Gasteiger partial charge in [-0.15, -0.1) is 0 Å². The summed E-state index contributed by atoms with van der Waals surface area (Å²) in [6.45, 7) is 7.34. The van der Waals surface area contributed by atoms with Crippen LogP contribution in [-0.2, 0) is 17.9 Å². The highest BCUT2D eigenvalue weighted by molar-refractivity contribution is 9.10. The number of halogens is 1. The minimum atomic E-state index is -0.0873. The molecule has 0 aliphatic heterocycles. The monoisotopic (exact) mass is 353 g/mol. The summed E-state index contributed by atoms with van der Waals surface area (Å²) in [4.78, 5) is 12.0. The van der Waals surface area contributed by atoms with Crippen LogP contribution in [0.15, 0.2) is 22.9 Å². The van der Waals surface area contributed by atoms with Crippen LogP contribution in [0.3, 0.4) is 0 Å². The van der Waals surface area contributed by atoms with Crippen molar-refractivity contribution in [3.63, 3.8) is 0 Å². The van der Waals surface area contributed by atoms with Crippen LogP contribution in [0.2, 0.25) is 0 Å². The number of hydrogen-bond donors (Lipinski definition) is 1. The lowest BCUT2D eigenvalue weighted by Gasteiger charge is -2.12. The highest BCUT2D eigenvalue weighted by Crippen LogP contribution is 2.14. The van der Waals surface area contributed by atoms with Gasteiger partial charge in [-0.3, -0.25) is 14.2 Å². The average molecular weight is 354 g/mol. The van der Waals surface area contributed by atoms with E-state index >= 15 is 0 Å². The van der Waals surface area contributed by atoms with Crippen LogP contribution >= 0.6 is 15.9 Å². The molecule has 6 nitrogen and oxygen atoms in total. The first-order valence-electron chi connectivity index (χ1n) is 7.02. The van der Waals surface area contributed by atoms with Gasteiger partial charge in [-0.1, -0.05) is 0 Å². The molecule has 2 heterocycles. The molecule has 2 aromatic heterocycles. The standard InChI is InChI=1S/C14H20BrN5O/c1-4-19-7-5-13(18-19)10(2)17-14(21)6-8-20-11(3)12(15)9-16-20/h5,7,9-10H,4,6,8H2,1-3H3,(H,17,21)/t10-/m1/s1. The first-order valence-corrected chi connectivity index (χ1v) is 7.81. The zero-order chi connectivity index (χ0) is 15.4. The van der Waals surface area contributed by atoms with Crippen molar-refractivity contribution in [2.45, 2.75) is 46.3 Å². The van der Waals surface area contributed by atoms with E-state index in [1.165, 1.54) is 0 Å². The minimum absolute atomic E-state index is 0.000397. The maximum absolute atomic E-state index is 12.0. The quantitative estimate of drug-likeness (QED) is 0.867. The molecule has 2 rings (SSSR count). The summed E-state index contributed by atoms with van der Waals surface area (Å²) in [5.41, 5.74) is 1.90. The maximum Gasteiger partial charge on any atom is 0.222 e. The number of carbonyl (C=O) groups excluding carboxylic acids is 1. The van der Waals surface area contributed by atoms with E-state index in [1.807, 2.05) is 42.4 Å². The lowest BCUT2D eigenvalue weighted by molar-refractivity contribution is -0.122. The van der Waals surface area contributed by atoms with Crippen molar-refractivity contribution in [2.24, 2.45) is 0 Å². The average Bonchev–Trinajstić information content (AvgIpc) is 3.06.